The molecule has 5 heteroatoms. The highest BCUT2D eigenvalue weighted by Gasteiger charge is 2.16. The van der Waals surface area contributed by atoms with Gasteiger partial charge >= 0.3 is 0 Å². The van der Waals surface area contributed by atoms with Crippen molar-refractivity contribution >= 4 is 27.3 Å². The fraction of sp³-hybridized carbons (Fsp3) is 0.333. The molecule has 2 rings (SSSR count). The third-order valence-corrected chi connectivity index (χ3v) is 4.14. The van der Waals surface area contributed by atoms with E-state index in [1.54, 1.807) is 17.5 Å². The van der Waals surface area contributed by atoms with Crippen molar-refractivity contribution in [2.45, 2.75) is 26.3 Å². The van der Waals surface area contributed by atoms with Crippen LogP contribution in [0.25, 0.3) is 0 Å². The van der Waals surface area contributed by atoms with Crippen LogP contribution in [0.15, 0.2) is 22.8 Å². The smallest absolute Gasteiger partial charge is 0.116 e. The maximum absolute atomic E-state index is 6.17. The Balaban J connectivity index is 2.29. The molecule has 2 aromatic rings. The Bertz CT molecular complexity index is 507. The molecule has 1 unspecified atom stereocenters. The zero-order valence-corrected chi connectivity index (χ0v) is 12.2. The molecule has 0 radical (unpaired) electrons. The van der Waals surface area contributed by atoms with Crippen LogP contribution in [0.1, 0.15) is 34.2 Å². The topological polar surface area (TPSA) is 51.8 Å². The maximum Gasteiger partial charge on any atom is 0.116 e. The molecule has 0 bridgehead atoms. The second-order valence-electron chi connectivity index (χ2n) is 3.79. The first kappa shape index (κ1) is 12.7. The molecule has 1 atom stereocenters. The second kappa shape index (κ2) is 5.25. The molecule has 2 heterocycles. The molecule has 2 N–H and O–H groups in total. The SMILES string of the molecule is CCc1nc(C(N)c2ccc(Br)cn2)sc1C. The van der Waals surface area contributed by atoms with Gasteiger partial charge in [-0.1, -0.05) is 6.92 Å². The maximum atomic E-state index is 6.17. The summed E-state index contributed by atoms with van der Waals surface area (Å²) in [5.41, 5.74) is 8.16. The minimum absolute atomic E-state index is 0.230. The molecule has 17 heavy (non-hydrogen) atoms. The van der Waals surface area contributed by atoms with Crippen LogP contribution in [0.2, 0.25) is 0 Å². The summed E-state index contributed by atoms with van der Waals surface area (Å²) in [6, 6.07) is 3.65. The summed E-state index contributed by atoms with van der Waals surface area (Å²) in [6.07, 6.45) is 2.71. The number of halogens is 1. The summed E-state index contributed by atoms with van der Waals surface area (Å²) in [5, 5.41) is 0.939. The number of aromatic nitrogens is 2. The van der Waals surface area contributed by atoms with Gasteiger partial charge in [-0.2, -0.15) is 0 Å². The highest BCUT2D eigenvalue weighted by molar-refractivity contribution is 9.10. The van der Waals surface area contributed by atoms with Gasteiger partial charge in [0.1, 0.15) is 5.01 Å². The van der Waals surface area contributed by atoms with E-state index in [0.717, 1.165) is 27.3 Å². The van der Waals surface area contributed by atoms with Gasteiger partial charge in [0.2, 0.25) is 0 Å². The molecular weight excluding hydrogens is 298 g/mol. The Morgan fingerprint density at radius 1 is 1.47 bits per heavy atom. The highest BCUT2D eigenvalue weighted by Crippen LogP contribution is 2.26. The molecule has 0 saturated carbocycles. The number of nitrogens with zero attached hydrogens (tertiary/aromatic N) is 2. The fourth-order valence-electron chi connectivity index (χ4n) is 1.61. The average Bonchev–Trinajstić information content (AvgIpc) is 2.70. The minimum Gasteiger partial charge on any atom is -0.317 e. The lowest BCUT2D eigenvalue weighted by atomic mass is 10.2. The van der Waals surface area contributed by atoms with Gasteiger partial charge in [-0.25, -0.2) is 4.98 Å². The number of aryl methyl sites for hydroxylation is 2. The Hall–Kier alpha value is -0.780. The van der Waals surface area contributed by atoms with Crippen molar-refractivity contribution in [3.63, 3.8) is 0 Å². The van der Waals surface area contributed by atoms with E-state index in [1.807, 2.05) is 12.1 Å². The summed E-state index contributed by atoms with van der Waals surface area (Å²) in [7, 11) is 0. The zero-order chi connectivity index (χ0) is 12.4. The Labute approximate surface area is 113 Å². The molecule has 2 aromatic heterocycles. The second-order valence-corrected chi connectivity index (χ2v) is 5.94. The number of hydrogen-bond acceptors (Lipinski definition) is 4. The first-order chi connectivity index (χ1) is 8.11. The van der Waals surface area contributed by atoms with E-state index in [0.29, 0.717) is 0 Å². The Morgan fingerprint density at radius 3 is 2.76 bits per heavy atom. The van der Waals surface area contributed by atoms with Crippen LogP contribution in [0.4, 0.5) is 0 Å². The molecule has 0 fully saturated rings. The van der Waals surface area contributed by atoms with E-state index in [9.17, 15) is 0 Å². The Morgan fingerprint density at radius 2 is 2.24 bits per heavy atom. The molecule has 90 valence electrons. The van der Waals surface area contributed by atoms with Gasteiger partial charge in [-0.15, -0.1) is 11.3 Å². The number of pyridine rings is 1. The van der Waals surface area contributed by atoms with Crippen molar-refractivity contribution in [2.75, 3.05) is 0 Å². The summed E-state index contributed by atoms with van der Waals surface area (Å²) < 4.78 is 0.956. The Kier molecular flexibility index (Phi) is 3.91. The van der Waals surface area contributed by atoms with Crippen LogP contribution in [-0.4, -0.2) is 9.97 Å². The molecular formula is C12H14BrN3S. The first-order valence-electron chi connectivity index (χ1n) is 5.45. The molecule has 0 aliphatic rings. The molecule has 0 aliphatic heterocycles. The lowest BCUT2D eigenvalue weighted by molar-refractivity contribution is 0.808. The first-order valence-corrected chi connectivity index (χ1v) is 7.06. The van der Waals surface area contributed by atoms with Crippen LogP contribution in [0.5, 0.6) is 0 Å². The largest absolute Gasteiger partial charge is 0.317 e. The molecule has 0 aromatic carbocycles. The summed E-state index contributed by atoms with van der Waals surface area (Å²) in [5.74, 6) is 0. The summed E-state index contributed by atoms with van der Waals surface area (Å²) in [4.78, 5) is 10.1. The molecule has 3 nitrogen and oxygen atoms in total. The standard InChI is InChI=1S/C12H14BrN3S/c1-3-9-7(2)17-12(16-9)11(14)10-5-4-8(13)6-15-10/h4-6,11H,3,14H2,1-2H3. The quantitative estimate of drug-likeness (QED) is 0.947. The molecule has 0 aliphatic carbocycles. The number of nitrogens with two attached hydrogens (primary N) is 1. The van der Waals surface area contributed by atoms with Gasteiger partial charge in [-0.05, 0) is 41.4 Å². The van der Waals surface area contributed by atoms with Crippen LogP contribution < -0.4 is 5.73 Å². The number of hydrogen-bond donors (Lipinski definition) is 1. The van der Waals surface area contributed by atoms with Crippen molar-refractivity contribution in [1.29, 1.82) is 0 Å². The van der Waals surface area contributed by atoms with Crippen LogP contribution in [0.3, 0.4) is 0 Å². The predicted molar refractivity (Wildman–Crippen MR) is 74.2 cm³/mol. The molecule has 0 saturated heterocycles. The zero-order valence-electron chi connectivity index (χ0n) is 9.77. The predicted octanol–water partition coefficient (Wildman–Crippen LogP) is 3.22. The van der Waals surface area contributed by atoms with Gasteiger partial charge in [0.05, 0.1) is 17.4 Å². The normalized spacial score (nSPS) is 12.7. The summed E-state index contributed by atoms with van der Waals surface area (Å²) in [6.45, 7) is 4.19. The lowest BCUT2D eigenvalue weighted by Crippen LogP contribution is -2.13. The average molecular weight is 312 g/mol. The van der Waals surface area contributed by atoms with Crippen molar-refractivity contribution in [3.05, 3.63) is 44.1 Å². The number of thiazole rings is 1. The molecule has 0 amide bonds. The van der Waals surface area contributed by atoms with Crippen molar-refractivity contribution in [2.24, 2.45) is 5.73 Å². The van der Waals surface area contributed by atoms with E-state index in [2.05, 4.69) is 39.7 Å². The highest BCUT2D eigenvalue weighted by atomic mass is 79.9. The lowest BCUT2D eigenvalue weighted by Gasteiger charge is -2.07. The van der Waals surface area contributed by atoms with E-state index in [-0.39, 0.29) is 6.04 Å². The third-order valence-electron chi connectivity index (χ3n) is 2.58. The van der Waals surface area contributed by atoms with E-state index < -0.39 is 0 Å². The van der Waals surface area contributed by atoms with Crippen LogP contribution >= 0.6 is 27.3 Å². The minimum atomic E-state index is -0.230. The van der Waals surface area contributed by atoms with Gasteiger partial charge in [0, 0.05) is 15.5 Å². The fourth-order valence-corrected chi connectivity index (χ4v) is 2.87. The van der Waals surface area contributed by atoms with Crippen LogP contribution in [0, 0.1) is 6.92 Å². The van der Waals surface area contributed by atoms with Crippen molar-refractivity contribution < 1.29 is 0 Å². The van der Waals surface area contributed by atoms with Crippen LogP contribution in [-0.2, 0) is 6.42 Å². The van der Waals surface area contributed by atoms with Gasteiger partial charge in [-0.3, -0.25) is 4.98 Å². The van der Waals surface area contributed by atoms with Crippen molar-refractivity contribution in [1.82, 2.24) is 9.97 Å². The van der Waals surface area contributed by atoms with E-state index in [4.69, 9.17) is 5.73 Å². The van der Waals surface area contributed by atoms with Crippen molar-refractivity contribution in [3.8, 4) is 0 Å². The van der Waals surface area contributed by atoms with Gasteiger partial charge < -0.3 is 5.73 Å². The van der Waals surface area contributed by atoms with E-state index in [1.165, 1.54) is 4.88 Å². The third kappa shape index (κ3) is 2.73. The monoisotopic (exact) mass is 311 g/mol. The summed E-state index contributed by atoms with van der Waals surface area (Å²) >= 11 is 5.02. The van der Waals surface area contributed by atoms with Gasteiger partial charge in [0.25, 0.3) is 0 Å². The van der Waals surface area contributed by atoms with E-state index >= 15 is 0 Å². The molecule has 0 spiro atoms. The van der Waals surface area contributed by atoms with Gasteiger partial charge in [0.15, 0.2) is 0 Å². The number of rotatable bonds is 3.